The molecule has 0 bridgehead atoms. The Labute approximate surface area is 96.9 Å². The van der Waals surface area contributed by atoms with Gasteiger partial charge in [0.15, 0.2) is 0 Å². The lowest BCUT2D eigenvalue weighted by atomic mass is 10.3. The van der Waals surface area contributed by atoms with Crippen LogP contribution in [0.3, 0.4) is 0 Å². The van der Waals surface area contributed by atoms with Crippen molar-refractivity contribution < 1.29 is 14.3 Å². The Hall–Kier alpha value is -0.330. The van der Waals surface area contributed by atoms with Crippen LogP contribution in [0.2, 0.25) is 0 Å². The molecule has 1 amide bonds. The first-order valence-electron chi connectivity index (χ1n) is 4.62. The zero-order valence-electron chi connectivity index (χ0n) is 8.09. The van der Waals surface area contributed by atoms with Gasteiger partial charge in [0.25, 0.3) is 0 Å². The molecular formula is C9H14INO3. The SMILES string of the molecule is COC(=O)C(I)CNC(=O)CC1CC1. The number of amides is 1. The Morgan fingerprint density at radius 1 is 1.57 bits per heavy atom. The number of rotatable bonds is 5. The number of halogens is 1. The van der Waals surface area contributed by atoms with Crippen molar-refractivity contribution >= 4 is 34.5 Å². The third-order valence-electron chi connectivity index (χ3n) is 2.11. The fraction of sp³-hybridized carbons (Fsp3) is 0.778. The molecule has 0 aromatic rings. The van der Waals surface area contributed by atoms with Crippen LogP contribution in [0.5, 0.6) is 0 Å². The summed E-state index contributed by atoms with van der Waals surface area (Å²) in [7, 11) is 1.35. The monoisotopic (exact) mass is 311 g/mol. The van der Waals surface area contributed by atoms with Gasteiger partial charge in [-0.1, -0.05) is 22.6 Å². The highest BCUT2D eigenvalue weighted by molar-refractivity contribution is 14.1. The summed E-state index contributed by atoms with van der Waals surface area (Å²) >= 11 is 1.96. The molecule has 1 unspecified atom stereocenters. The molecule has 1 atom stereocenters. The lowest BCUT2D eigenvalue weighted by Crippen LogP contribution is -2.33. The summed E-state index contributed by atoms with van der Waals surface area (Å²) in [6.07, 6.45) is 2.93. The molecule has 0 heterocycles. The summed E-state index contributed by atoms with van der Waals surface area (Å²) in [5.74, 6) is 0.330. The van der Waals surface area contributed by atoms with Crippen molar-refractivity contribution in [3.8, 4) is 0 Å². The van der Waals surface area contributed by atoms with Gasteiger partial charge in [0.1, 0.15) is 3.92 Å². The Bertz CT molecular complexity index is 228. The molecule has 14 heavy (non-hydrogen) atoms. The molecule has 0 radical (unpaired) electrons. The van der Waals surface area contributed by atoms with Crippen LogP contribution in [0, 0.1) is 5.92 Å². The van der Waals surface area contributed by atoms with Crippen LogP contribution in [-0.4, -0.2) is 29.5 Å². The summed E-state index contributed by atoms with van der Waals surface area (Å²) in [6.45, 7) is 0.360. The van der Waals surface area contributed by atoms with Gasteiger partial charge in [-0.05, 0) is 18.8 Å². The number of ether oxygens (including phenoxy) is 1. The van der Waals surface area contributed by atoms with E-state index in [-0.39, 0.29) is 15.8 Å². The highest BCUT2D eigenvalue weighted by Crippen LogP contribution is 2.32. The van der Waals surface area contributed by atoms with Gasteiger partial charge in [0.2, 0.25) is 5.91 Å². The molecule has 4 nitrogen and oxygen atoms in total. The first kappa shape index (κ1) is 11.7. The molecule has 1 N–H and O–H groups in total. The van der Waals surface area contributed by atoms with Gasteiger partial charge < -0.3 is 10.1 Å². The Morgan fingerprint density at radius 3 is 2.71 bits per heavy atom. The van der Waals surface area contributed by atoms with Crippen LogP contribution >= 0.6 is 22.6 Å². The molecule has 1 saturated carbocycles. The molecule has 1 rings (SSSR count). The molecule has 0 saturated heterocycles. The second kappa shape index (κ2) is 5.53. The van der Waals surface area contributed by atoms with E-state index in [0.717, 1.165) is 12.8 Å². The van der Waals surface area contributed by atoms with E-state index in [1.165, 1.54) is 7.11 Å². The Morgan fingerprint density at radius 2 is 2.21 bits per heavy atom. The third kappa shape index (κ3) is 4.26. The molecule has 1 fully saturated rings. The van der Waals surface area contributed by atoms with Gasteiger partial charge >= 0.3 is 5.97 Å². The van der Waals surface area contributed by atoms with Crippen LogP contribution in [-0.2, 0) is 14.3 Å². The van der Waals surface area contributed by atoms with E-state index in [4.69, 9.17) is 0 Å². The van der Waals surface area contributed by atoms with Gasteiger partial charge in [-0.2, -0.15) is 0 Å². The van der Waals surface area contributed by atoms with Gasteiger partial charge in [-0.3, -0.25) is 9.59 Å². The molecule has 80 valence electrons. The van der Waals surface area contributed by atoms with E-state index in [1.807, 2.05) is 22.6 Å². The standard InChI is InChI=1S/C9H14INO3/c1-14-9(13)7(10)5-11-8(12)4-6-2-3-6/h6-7H,2-5H2,1H3,(H,11,12). The summed E-state index contributed by atoms with van der Waals surface area (Å²) in [6, 6.07) is 0. The molecular weight excluding hydrogens is 297 g/mol. The number of hydrogen-bond donors (Lipinski definition) is 1. The van der Waals surface area contributed by atoms with E-state index in [0.29, 0.717) is 18.9 Å². The predicted molar refractivity (Wildman–Crippen MR) is 60.2 cm³/mol. The van der Waals surface area contributed by atoms with Crippen molar-refractivity contribution in [2.45, 2.75) is 23.2 Å². The molecule has 1 aliphatic carbocycles. The van der Waals surface area contributed by atoms with E-state index < -0.39 is 0 Å². The zero-order valence-corrected chi connectivity index (χ0v) is 10.2. The minimum Gasteiger partial charge on any atom is -0.468 e. The van der Waals surface area contributed by atoms with Crippen LogP contribution in [0.4, 0.5) is 0 Å². The van der Waals surface area contributed by atoms with E-state index in [9.17, 15) is 9.59 Å². The first-order valence-corrected chi connectivity index (χ1v) is 5.86. The maximum atomic E-state index is 11.2. The van der Waals surface area contributed by atoms with E-state index in [1.54, 1.807) is 0 Å². The lowest BCUT2D eigenvalue weighted by Gasteiger charge is -2.08. The Balaban J connectivity index is 2.11. The maximum absolute atomic E-state index is 11.2. The number of methoxy groups -OCH3 is 1. The average Bonchev–Trinajstić information content (AvgIpc) is 2.96. The normalized spacial score (nSPS) is 17.3. The van der Waals surface area contributed by atoms with E-state index in [2.05, 4.69) is 10.1 Å². The molecule has 0 spiro atoms. The number of carbonyl (C=O) groups excluding carboxylic acids is 2. The van der Waals surface area contributed by atoms with Gasteiger partial charge in [0, 0.05) is 13.0 Å². The highest BCUT2D eigenvalue weighted by atomic mass is 127. The fourth-order valence-electron chi connectivity index (χ4n) is 1.07. The van der Waals surface area contributed by atoms with Gasteiger partial charge in [-0.15, -0.1) is 0 Å². The summed E-state index contributed by atoms with van der Waals surface area (Å²) in [5.41, 5.74) is 0. The number of alkyl halides is 1. The highest BCUT2D eigenvalue weighted by Gasteiger charge is 2.25. The minimum absolute atomic E-state index is 0.0399. The average molecular weight is 311 g/mol. The molecule has 1 aliphatic rings. The maximum Gasteiger partial charge on any atom is 0.320 e. The predicted octanol–water partition coefficient (Wildman–Crippen LogP) is 0.879. The van der Waals surface area contributed by atoms with Crippen molar-refractivity contribution in [3.63, 3.8) is 0 Å². The summed E-state index contributed by atoms with van der Waals surface area (Å²) < 4.78 is 4.25. The van der Waals surface area contributed by atoms with Gasteiger partial charge in [0.05, 0.1) is 7.11 Å². The molecule has 0 aromatic heterocycles. The topological polar surface area (TPSA) is 55.4 Å². The minimum atomic E-state index is -0.294. The smallest absolute Gasteiger partial charge is 0.320 e. The summed E-state index contributed by atoms with van der Waals surface area (Å²) in [4.78, 5) is 22.2. The van der Waals surface area contributed by atoms with E-state index >= 15 is 0 Å². The molecule has 0 aliphatic heterocycles. The van der Waals surface area contributed by atoms with Crippen molar-refractivity contribution in [1.29, 1.82) is 0 Å². The first-order chi connectivity index (χ1) is 6.63. The van der Waals surface area contributed by atoms with Crippen molar-refractivity contribution in [2.75, 3.05) is 13.7 Å². The van der Waals surface area contributed by atoms with Crippen LogP contribution in [0.25, 0.3) is 0 Å². The summed E-state index contributed by atoms with van der Waals surface area (Å²) in [5, 5.41) is 2.72. The number of hydrogen-bond acceptors (Lipinski definition) is 3. The Kier molecular flexibility index (Phi) is 4.64. The third-order valence-corrected chi connectivity index (χ3v) is 3.06. The second-order valence-electron chi connectivity index (χ2n) is 3.44. The number of nitrogens with one attached hydrogen (secondary N) is 1. The lowest BCUT2D eigenvalue weighted by molar-refractivity contribution is -0.139. The van der Waals surface area contributed by atoms with Gasteiger partial charge in [-0.25, -0.2) is 0 Å². The van der Waals surface area contributed by atoms with Crippen LogP contribution in [0.15, 0.2) is 0 Å². The molecule has 0 aromatic carbocycles. The molecule has 5 heteroatoms. The van der Waals surface area contributed by atoms with Crippen molar-refractivity contribution in [1.82, 2.24) is 5.32 Å². The number of carbonyl (C=O) groups is 2. The fourth-order valence-corrected chi connectivity index (χ4v) is 1.55. The largest absolute Gasteiger partial charge is 0.468 e. The number of esters is 1. The zero-order chi connectivity index (χ0) is 10.6. The van der Waals surface area contributed by atoms with Crippen LogP contribution in [0.1, 0.15) is 19.3 Å². The second-order valence-corrected chi connectivity index (χ2v) is 4.95. The van der Waals surface area contributed by atoms with Crippen molar-refractivity contribution in [2.24, 2.45) is 5.92 Å². The quantitative estimate of drug-likeness (QED) is 0.466. The van der Waals surface area contributed by atoms with Crippen LogP contribution < -0.4 is 5.32 Å². The van der Waals surface area contributed by atoms with Crippen molar-refractivity contribution in [3.05, 3.63) is 0 Å².